The maximum atomic E-state index is 13.4. The van der Waals surface area contributed by atoms with Gasteiger partial charge in [0.15, 0.2) is 0 Å². The lowest BCUT2D eigenvalue weighted by molar-refractivity contribution is -0.125. The first-order chi connectivity index (χ1) is 13.4. The van der Waals surface area contributed by atoms with E-state index in [1.54, 1.807) is 41.3 Å². The first-order valence-electron chi connectivity index (χ1n) is 9.17. The Morgan fingerprint density at radius 1 is 1.25 bits per heavy atom. The van der Waals surface area contributed by atoms with E-state index in [0.29, 0.717) is 16.3 Å². The molecule has 0 aromatic heterocycles. The largest absolute Gasteiger partial charge is 0.352 e. The zero-order valence-electron chi connectivity index (χ0n) is 15.7. The highest BCUT2D eigenvalue weighted by molar-refractivity contribution is 7.99. The molecule has 1 fully saturated rings. The minimum atomic E-state index is -0.627. The van der Waals surface area contributed by atoms with Crippen LogP contribution < -0.4 is 5.32 Å². The highest BCUT2D eigenvalue weighted by Crippen LogP contribution is 2.42. The van der Waals surface area contributed by atoms with Gasteiger partial charge in [0.2, 0.25) is 5.91 Å². The fourth-order valence-corrected chi connectivity index (χ4v) is 4.70. The summed E-state index contributed by atoms with van der Waals surface area (Å²) < 4.78 is 13.4. The Morgan fingerprint density at radius 2 is 1.93 bits per heavy atom. The summed E-state index contributed by atoms with van der Waals surface area (Å²) >= 11 is 7.73. The molecule has 2 aromatic carbocycles. The Balaban J connectivity index is 1.96. The normalized spacial score (nSPS) is 20.1. The molecule has 0 unspecified atom stereocenters. The summed E-state index contributed by atoms with van der Waals surface area (Å²) in [6.07, 6.45) is 0.797. The fourth-order valence-electron chi connectivity index (χ4n) is 3.06. The Hall–Kier alpha value is -2.05. The molecule has 1 N–H and O–H groups in total. The second kappa shape index (κ2) is 8.97. The van der Waals surface area contributed by atoms with Gasteiger partial charge in [0.25, 0.3) is 5.91 Å². The standard InChI is InChI=1S/C21H22ClFN2O2S/c1-3-13(2)24-19(26)18-12-28-21(14-8-10-15(23)11-9-14)25(18)20(27)16-6-4-5-7-17(16)22/h4-11,13,18,21H,3,12H2,1-2H3,(H,24,26)/t13-,18+,21-/m1/s1. The van der Waals surface area contributed by atoms with Crippen molar-refractivity contribution in [3.63, 3.8) is 0 Å². The first kappa shape index (κ1) is 20.7. The summed E-state index contributed by atoms with van der Waals surface area (Å²) in [5.41, 5.74) is 1.12. The van der Waals surface area contributed by atoms with E-state index in [4.69, 9.17) is 11.6 Å². The van der Waals surface area contributed by atoms with Crippen molar-refractivity contribution in [1.82, 2.24) is 10.2 Å². The Bertz CT molecular complexity index is 862. The quantitative estimate of drug-likeness (QED) is 0.765. The van der Waals surface area contributed by atoms with Gasteiger partial charge in [-0.1, -0.05) is 42.8 Å². The van der Waals surface area contributed by atoms with Crippen LogP contribution in [0.2, 0.25) is 5.02 Å². The predicted octanol–water partition coefficient (Wildman–Crippen LogP) is 4.65. The van der Waals surface area contributed by atoms with Crippen molar-refractivity contribution in [2.75, 3.05) is 5.75 Å². The smallest absolute Gasteiger partial charge is 0.257 e. The zero-order valence-corrected chi connectivity index (χ0v) is 17.3. The molecule has 3 rings (SSSR count). The van der Waals surface area contributed by atoms with Crippen molar-refractivity contribution in [3.8, 4) is 0 Å². The maximum Gasteiger partial charge on any atom is 0.257 e. The number of thioether (sulfide) groups is 1. The monoisotopic (exact) mass is 420 g/mol. The lowest BCUT2D eigenvalue weighted by atomic mass is 10.1. The van der Waals surface area contributed by atoms with Crippen LogP contribution in [0.25, 0.3) is 0 Å². The van der Waals surface area contributed by atoms with Crippen LogP contribution in [-0.4, -0.2) is 34.6 Å². The summed E-state index contributed by atoms with van der Waals surface area (Å²) in [5.74, 6) is -0.386. The Labute approximate surface area is 173 Å². The van der Waals surface area contributed by atoms with Crippen LogP contribution >= 0.6 is 23.4 Å². The van der Waals surface area contributed by atoms with Gasteiger partial charge in [-0.05, 0) is 43.2 Å². The highest BCUT2D eigenvalue weighted by Gasteiger charge is 2.43. The maximum absolute atomic E-state index is 13.4. The molecule has 2 aromatic rings. The van der Waals surface area contributed by atoms with Gasteiger partial charge in [-0.25, -0.2) is 4.39 Å². The van der Waals surface area contributed by atoms with Crippen molar-refractivity contribution in [1.29, 1.82) is 0 Å². The van der Waals surface area contributed by atoms with Crippen molar-refractivity contribution < 1.29 is 14.0 Å². The fraction of sp³-hybridized carbons (Fsp3) is 0.333. The zero-order chi connectivity index (χ0) is 20.3. The van der Waals surface area contributed by atoms with Crippen molar-refractivity contribution in [2.45, 2.75) is 37.7 Å². The van der Waals surface area contributed by atoms with Gasteiger partial charge < -0.3 is 10.2 Å². The number of halogens is 2. The number of nitrogens with one attached hydrogen (secondary N) is 1. The van der Waals surface area contributed by atoms with E-state index in [2.05, 4.69) is 5.32 Å². The van der Waals surface area contributed by atoms with Crippen molar-refractivity contribution >= 4 is 35.2 Å². The van der Waals surface area contributed by atoms with Gasteiger partial charge in [0.1, 0.15) is 17.2 Å². The predicted molar refractivity (Wildman–Crippen MR) is 111 cm³/mol. The van der Waals surface area contributed by atoms with Crippen LogP contribution in [0.3, 0.4) is 0 Å². The molecule has 148 valence electrons. The summed E-state index contributed by atoms with van der Waals surface area (Å²) in [7, 11) is 0. The summed E-state index contributed by atoms with van der Waals surface area (Å²) in [5, 5.41) is 2.91. The molecular weight excluding hydrogens is 399 g/mol. The molecule has 0 spiro atoms. The van der Waals surface area contributed by atoms with Crippen LogP contribution in [0, 0.1) is 5.82 Å². The third-order valence-electron chi connectivity index (χ3n) is 4.80. The molecule has 0 radical (unpaired) electrons. The van der Waals surface area contributed by atoms with Gasteiger partial charge in [-0.15, -0.1) is 11.8 Å². The van der Waals surface area contributed by atoms with Crippen molar-refractivity contribution in [3.05, 3.63) is 70.5 Å². The Morgan fingerprint density at radius 3 is 2.57 bits per heavy atom. The molecule has 2 amide bonds. The van der Waals surface area contributed by atoms with E-state index >= 15 is 0 Å². The molecule has 0 bridgehead atoms. The molecular formula is C21H22ClFN2O2S. The van der Waals surface area contributed by atoms with E-state index in [0.717, 1.165) is 12.0 Å². The third-order valence-corrected chi connectivity index (χ3v) is 6.45. The van der Waals surface area contributed by atoms with Crippen LogP contribution in [-0.2, 0) is 4.79 Å². The first-order valence-corrected chi connectivity index (χ1v) is 10.6. The second-order valence-corrected chi connectivity index (χ2v) is 8.28. The number of benzene rings is 2. The SMILES string of the molecule is CC[C@@H](C)NC(=O)[C@@H]1CS[C@H](c2ccc(F)cc2)N1C(=O)c1ccccc1Cl. The van der Waals surface area contributed by atoms with E-state index < -0.39 is 11.4 Å². The molecule has 0 saturated carbocycles. The highest BCUT2D eigenvalue weighted by atomic mass is 35.5. The minimum Gasteiger partial charge on any atom is -0.352 e. The lowest BCUT2D eigenvalue weighted by Gasteiger charge is -2.30. The van der Waals surface area contributed by atoms with Crippen LogP contribution in [0.5, 0.6) is 0 Å². The van der Waals surface area contributed by atoms with Gasteiger partial charge in [0, 0.05) is 11.8 Å². The lowest BCUT2D eigenvalue weighted by Crippen LogP contribution is -2.49. The van der Waals surface area contributed by atoms with Crippen LogP contribution in [0.4, 0.5) is 4.39 Å². The van der Waals surface area contributed by atoms with Crippen molar-refractivity contribution in [2.24, 2.45) is 0 Å². The molecule has 4 nitrogen and oxygen atoms in total. The molecule has 0 aliphatic carbocycles. The number of nitrogens with zero attached hydrogens (tertiary/aromatic N) is 1. The topological polar surface area (TPSA) is 49.4 Å². The number of rotatable bonds is 5. The second-order valence-electron chi connectivity index (χ2n) is 6.76. The minimum absolute atomic E-state index is 0.0136. The summed E-state index contributed by atoms with van der Waals surface area (Å²) in [6, 6.07) is 12.2. The Kier molecular flexibility index (Phi) is 6.62. The molecule has 1 aliphatic heterocycles. The van der Waals surface area contributed by atoms with E-state index in [-0.39, 0.29) is 23.7 Å². The van der Waals surface area contributed by atoms with Gasteiger partial charge in [-0.2, -0.15) is 0 Å². The average Bonchev–Trinajstić information content (AvgIpc) is 3.13. The van der Waals surface area contributed by atoms with Crippen LogP contribution in [0.1, 0.15) is 41.6 Å². The van der Waals surface area contributed by atoms with E-state index in [9.17, 15) is 14.0 Å². The molecule has 7 heteroatoms. The molecule has 3 atom stereocenters. The number of hydrogen-bond donors (Lipinski definition) is 1. The summed E-state index contributed by atoms with van der Waals surface area (Å²) in [6.45, 7) is 3.92. The number of amides is 2. The molecule has 1 heterocycles. The number of hydrogen-bond acceptors (Lipinski definition) is 3. The summed E-state index contributed by atoms with van der Waals surface area (Å²) in [4.78, 5) is 27.8. The molecule has 28 heavy (non-hydrogen) atoms. The van der Waals surface area contributed by atoms with Crippen LogP contribution in [0.15, 0.2) is 48.5 Å². The third kappa shape index (κ3) is 4.33. The number of carbonyl (C=O) groups excluding carboxylic acids is 2. The van der Waals surface area contributed by atoms with E-state index in [1.165, 1.54) is 23.9 Å². The number of carbonyl (C=O) groups is 2. The van der Waals surface area contributed by atoms with Gasteiger partial charge in [-0.3, -0.25) is 9.59 Å². The van der Waals surface area contributed by atoms with E-state index in [1.807, 2.05) is 13.8 Å². The van der Waals surface area contributed by atoms with Gasteiger partial charge in [0.05, 0.1) is 10.6 Å². The molecule has 1 saturated heterocycles. The average molecular weight is 421 g/mol. The van der Waals surface area contributed by atoms with Gasteiger partial charge >= 0.3 is 0 Å². The molecule has 1 aliphatic rings.